The molecule has 0 aliphatic rings. The van der Waals surface area contributed by atoms with Crippen molar-refractivity contribution in [2.45, 2.75) is 45.8 Å². The van der Waals surface area contributed by atoms with Gasteiger partial charge in [-0.25, -0.2) is 9.59 Å². The van der Waals surface area contributed by atoms with Crippen LogP contribution in [-0.4, -0.2) is 37.4 Å². The minimum atomic E-state index is -0.826. The summed E-state index contributed by atoms with van der Waals surface area (Å²) in [6.07, 6.45) is -0.347. The highest BCUT2D eigenvalue weighted by atomic mass is 16.6. The fourth-order valence-corrected chi connectivity index (χ4v) is 2.76. The molecule has 0 radical (unpaired) electrons. The SMILES string of the molecule is CCOC(=O)[C@H](Cc1ccc(-c2cccc(OC)c2)cc1)NC(=O)OC(C)(C)C. The summed E-state index contributed by atoms with van der Waals surface area (Å²) in [6, 6.07) is 14.8. The van der Waals surface area contributed by atoms with E-state index < -0.39 is 23.7 Å². The number of methoxy groups -OCH3 is 1. The molecule has 1 N–H and O–H groups in total. The molecule has 6 nitrogen and oxygen atoms in total. The lowest BCUT2D eigenvalue weighted by Crippen LogP contribution is -2.45. The average molecular weight is 399 g/mol. The van der Waals surface area contributed by atoms with Crippen LogP contribution in [0.5, 0.6) is 5.75 Å². The largest absolute Gasteiger partial charge is 0.497 e. The van der Waals surface area contributed by atoms with Gasteiger partial charge in [0.05, 0.1) is 13.7 Å². The third-order valence-electron chi connectivity index (χ3n) is 4.06. The Morgan fingerprint density at radius 2 is 1.72 bits per heavy atom. The first-order valence-electron chi connectivity index (χ1n) is 9.61. The third-order valence-corrected chi connectivity index (χ3v) is 4.06. The number of ether oxygens (including phenoxy) is 3. The summed E-state index contributed by atoms with van der Waals surface area (Å²) < 4.78 is 15.6. The van der Waals surface area contributed by atoms with Crippen molar-refractivity contribution in [2.24, 2.45) is 0 Å². The zero-order chi connectivity index (χ0) is 21.4. The van der Waals surface area contributed by atoms with Crippen LogP contribution < -0.4 is 10.1 Å². The van der Waals surface area contributed by atoms with Crippen LogP contribution in [0.4, 0.5) is 4.79 Å². The van der Waals surface area contributed by atoms with Gasteiger partial charge >= 0.3 is 12.1 Å². The highest BCUT2D eigenvalue weighted by Gasteiger charge is 2.25. The second-order valence-electron chi connectivity index (χ2n) is 7.58. The first-order chi connectivity index (χ1) is 13.7. The lowest BCUT2D eigenvalue weighted by molar-refractivity contribution is -0.145. The summed E-state index contributed by atoms with van der Waals surface area (Å²) in [5.74, 6) is 0.297. The van der Waals surface area contributed by atoms with Crippen LogP contribution in [0.1, 0.15) is 33.3 Å². The van der Waals surface area contributed by atoms with Gasteiger partial charge in [0.2, 0.25) is 0 Å². The van der Waals surface area contributed by atoms with Crippen LogP contribution in [0.25, 0.3) is 11.1 Å². The molecule has 2 rings (SSSR count). The van der Waals surface area contributed by atoms with E-state index in [1.165, 1.54) is 0 Å². The molecule has 0 saturated heterocycles. The summed E-state index contributed by atoms with van der Waals surface area (Å²) in [4.78, 5) is 24.4. The standard InChI is InChI=1S/C23H29NO5/c1-6-28-21(25)20(24-22(26)29-23(2,3)4)14-16-10-12-17(13-11-16)18-8-7-9-19(15-18)27-5/h7-13,15,20H,6,14H2,1-5H3,(H,24,26)/t20-/m0/s1. The van der Waals surface area contributed by atoms with Gasteiger partial charge < -0.3 is 19.5 Å². The molecule has 1 amide bonds. The molecule has 0 aromatic heterocycles. The van der Waals surface area contributed by atoms with Crippen LogP contribution in [0, 0.1) is 0 Å². The molecule has 2 aromatic rings. The molecule has 0 aliphatic carbocycles. The van der Waals surface area contributed by atoms with E-state index in [-0.39, 0.29) is 6.61 Å². The van der Waals surface area contributed by atoms with E-state index in [0.717, 1.165) is 22.4 Å². The maximum atomic E-state index is 12.3. The summed E-state index contributed by atoms with van der Waals surface area (Å²) in [7, 11) is 1.63. The molecule has 29 heavy (non-hydrogen) atoms. The number of rotatable bonds is 7. The van der Waals surface area contributed by atoms with Crippen molar-refractivity contribution in [2.75, 3.05) is 13.7 Å². The minimum absolute atomic E-state index is 0.236. The van der Waals surface area contributed by atoms with E-state index in [9.17, 15) is 9.59 Å². The highest BCUT2D eigenvalue weighted by Crippen LogP contribution is 2.24. The zero-order valence-corrected chi connectivity index (χ0v) is 17.7. The molecule has 0 fully saturated rings. The molecule has 6 heteroatoms. The van der Waals surface area contributed by atoms with E-state index in [1.54, 1.807) is 34.8 Å². The second-order valence-corrected chi connectivity index (χ2v) is 7.58. The summed E-state index contributed by atoms with van der Waals surface area (Å²) in [5.41, 5.74) is 2.30. The van der Waals surface area contributed by atoms with Crippen molar-refractivity contribution in [3.05, 3.63) is 54.1 Å². The van der Waals surface area contributed by atoms with Crippen LogP contribution >= 0.6 is 0 Å². The van der Waals surface area contributed by atoms with E-state index in [4.69, 9.17) is 14.2 Å². The quantitative estimate of drug-likeness (QED) is 0.700. The molecule has 2 aromatic carbocycles. The minimum Gasteiger partial charge on any atom is -0.497 e. The first kappa shape index (κ1) is 22.3. The van der Waals surface area contributed by atoms with Crippen molar-refractivity contribution in [3.8, 4) is 16.9 Å². The lowest BCUT2D eigenvalue weighted by atomic mass is 10.0. The molecule has 156 valence electrons. The van der Waals surface area contributed by atoms with Crippen molar-refractivity contribution in [1.82, 2.24) is 5.32 Å². The third kappa shape index (κ3) is 7.14. The smallest absolute Gasteiger partial charge is 0.408 e. The van der Waals surface area contributed by atoms with Crippen molar-refractivity contribution < 1.29 is 23.8 Å². The van der Waals surface area contributed by atoms with Crippen LogP contribution in [0.2, 0.25) is 0 Å². The van der Waals surface area contributed by atoms with Gasteiger partial charge in [0, 0.05) is 6.42 Å². The van der Waals surface area contributed by atoms with Gasteiger partial charge in [-0.05, 0) is 56.5 Å². The summed E-state index contributed by atoms with van der Waals surface area (Å²) >= 11 is 0. The Kier molecular flexibility index (Phi) is 7.65. The first-order valence-corrected chi connectivity index (χ1v) is 9.61. The Hall–Kier alpha value is -3.02. The molecule has 0 heterocycles. The monoisotopic (exact) mass is 399 g/mol. The number of carbonyl (C=O) groups is 2. The molecule has 0 bridgehead atoms. The van der Waals surface area contributed by atoms with Gasteiger partial charge in [-0.2, -0.15) is 0 Å². The average Bonchev–Trinajstić information content (AvgIpc) is 2.67. The number of esters is 1. The molecular formula is C23H29NO5. The number of amides is 1. The van der Waals surface area contributed by atoms with Gasteiger partial charge in [0.15, 0.2) is 0 Å². The Morgan fingerprint density at radius 3 is 2.31 bits per heavy atom. The molecular weight excluding hydrogens is 370 g/mol. The Balaban J connectivity index is 2.13. The van der Waals surface area contributed by atoms with Crippen molar-refractivity contribution >= 4 is 12.1 Å². The van der Waals surface area contributed by atoms with Gasteiger partial charge in [-0.3, -0.25) is 0 Å². The Labute approximate surface area is 172 Å². The van der Waals surface area contributed by atoms with E-state index in [0.29, 0.717) is 6.42 Å². The molecule has 1 atom stereocenters. The van der Waals surface area contributed by atoms with Crippen LogP contribution in [0.15, 0.2) is 48.5 Å². The predicted octanol–water partition coefficient (Wildman–Crippen LogP) is 4.36. The van der Waals surface area contributed by atoms with Gasteiger partial charge in [0.25, 0.3) is 0 Å². The van der Waals surface area contributed by atoms with Crippen LogP contribution in [-0.2, 0) is 20.7 Å². The number of hydrogen-bond donors (Lipinski definition) is 1. The fourth-order valence-electron chi connectivity index (χ4n) is 2.76. The number of carbonyl (C=O) groups excluding carboxylic acids is 2. The Morgan fingerprint density at radius 1 is 1.03 bits per heavy atom. The summed E-state index contributed by atoms with van der Waals surface area (Å²) in [5, 5.41) is 2.62. The van der Waals surface area contributed by atoms with Gasteiger partial charge in [0.1, 0.15) is 17.4 Å². The molecule has 0 aliphatic heterocycles. The summed E-state index contributed by atoms with van der Waals surface area (Å²) in [6.45, 7) is 7.27. The second kappa shape index (κ2) is 9.96. The topological polar surface area (TPSA) is 73.9 Å². The molecule has 0 spiro atoms. The van der Waals surface area contributed by atoms with Crippen molar-refractivity contribution in [3.63, 3.8) is 0 Å². The van der Waals surface area contributed by atoms with E-state index in [1.807, 2.05) is 48.5 Å². The maximum Gasteiger partial charge on any atom is 0.408 e. The van der Waals surface area contributed by atoms with E-state index >= 15 is 0 Å². The fraction of sp³-hybridized carbons (Fsp3) is 0.391. The molecule has 0 unspecified atom stereocenters. The number of benzene rings is 2. The van der Waals surface area contributed by atoms with Crippen molar-refractivity contribution in [1.29, 1.82) is 0 Å². The maximum absolute atomic E-state index is 12.3. The number of hydrogen-bond acceptors (Lipinski definition) is 5. The van der Waals surface area contributed by atoms with Gasteiger partial charge in [-0.1, -0.05) is 36.4 Å². The number of nitrogens with one attached hydrogen (secondary N) is 1. The highest BCUT2D eigenvalue weighted by molar-refractivity contribution is 5.81. The molecule has 0 saturated carbocycles. The van der Waals surface area contributed by atoms with Gasteiger partial charge in [-0.15, -0.1) is 0 Å². The van der Waals surface area contributed by atoms with Crippen LogP contribution in [0.3, 0.4) is 0 Å². The lowest BCUT2D eigenvalue weighted by Gasteiger charge is -2.23. The zero-order valence-electron chi connectivity index (χ0n) is 17.7. The normalized spacial score (nSPS) is 12.0. The Bertz CT molecular complexity index is 824. The number of alkyl carbamates (subject to hydrolysis) is 1. The van der Waals surface area contributed by atoms with E-state index in [2.05, 4.69) is 5.32 Å². The predicted molar refractivity (Wildman–Crippen MR) is 112 cm³/mol.